The van der Waals surface area contributed by atoms with Crippen LogP contribution in [-0.2, 0) is 16.0 Å². The number of carbonyl (C=O) groups excluding carboxylic acids is 1. The Morgan fingerprint density at radius 3 is 3.08 bits per heavy atom. The minimum Gasteiger partial charge on any atom is -0.469 e. The molecule has 0 amide bonds. The van der Waals surface area contributed by atoms with Crippen LogP contribution in [0.1, 0.15) is 19.1 Å². The Morgan fingerprint density at radius 2 is 2.50 bits per heavy atom. The molecular weight excluding hydrogens is 156 g/mol. The Balaban J connectivity index is 2.22. The minimum atomic E-state index is -0.172. The van der Waals surface area contributed by atoms with Crippen molar-refractivity contribution in [1.82, 2.24) is 0 Å². The maximum atomic E-state index is 10.9. The van der Waals surface area contributed by atoms with Crippen molar-refractivity contribution in [2.75, 3.05) is 6.61 Å². The average molecular weight is 168 g/mol. The van der Waals surface area contributed by atoms with E-state index in [2.05, 4.69) is 0 Å². The zero-order valence-corrected chi connectivity index (χ0v) is 7.08. The van der Waals surface area contributed by atoms with E-state index < -0.39 is 0 Å². The van der Waals surface area contributed by atoms with E-state index in [-0.39, 0.29) is 5.97 Å². The van der Waals surface area contributed by atoms with Gasteiger partial charge in [-0.25, -0.2) is 0 Å². The number of ether oxygens (including phenoxy) is 1. The molecule has 66 valence electrons. The van der Waals surface area contributed by atoms with Crippen LogP contribution in [0.15, 0.2) is 22.8 Å². The largest absolute Gasteiger partial charge is 0.469 e. The Hall–Kier alpha value is -1.25. The number of hydrogen-bond donors (Lipinski definition) is 0. The van der Waals surface area contributed by atoms with Gasteiger partial charge in [-0.05, 0) is 19.1 Å². The highest BCUT2D eigenvalue weighted by Gasteiger charge is 2.03. The van der Waals surface area contributed by atoms with Crippen LogP contribution in [0.3, 0.4) is 0 Å². The van der Waals surface area contributed by atoms with Gasteiger partial charge < -0.3 is 9.15 Å². The lowest BCUT2D eigenvalue weighted by Gasteiger charge is -1.98. The quantitative estimate of drug-likeness (QED) is 0.643. The standard InChI is InChI=1S/C9H12O3/c1-2-11-9(10)6-5-8-4-3-7-12-8/h3-4,7H,2,5-6H2,1H3. The van der Waals surface area contributed by atoms with Gasteiger partial charge in [0, 0.05) is 6.42 Å². The summed E-state index contributed by atoms with van der Waals surface area (Å²) in [5.41, 5.74) is 0. The fourth-order valence-corrected chi connectivity index (χ4v) is 0.913. The van der Waals surface area contributed by atoms with E-state index in [1.165, 1.54) is 0 Å². The monoisotopic (exact) mass is 168 g/mol. The van der Waals surface area contributed by atoms with Crippen LogP contribution in [0, 0.1) is 0 Å². The molecule has 0 saturated heterocycles. The third-order valence-electron chi connectivity index (χ3n) is 1.46. The van der Waals surface area contributed by atoms with Gasteiger partial charge in [-0.1, -0.05) is 0 Å². The number of carbonyl (C=O) groups is 1. The van der Waals surface area contributed by atoms with Crippen molar-refractivity contribution in [3.8, 4) is 0 Å². The highest BCUT2D eigenvalue weighted by Crippen LogP contribution is 2.03. The summed E-state index contributed by atoms with van der Waals surface area (Å²) in [5.74, 6) is 0.650. The van der Waals surface area contributed by atoms with E-state index in [0.29, 0.717) is 19.4 Å². The molecule has 1 rings (SSSR count). The van der Waals surface area contributed by atoms with Crippen LogP contribution >= 0.6 is 0 Å². The molecule has 0 atom stereocenters. The first-order valence-corrected chi connectivity index (χ1v) is 4.01. The van der Waals surface area contributed by atoms with E-state index in [0.717, 1.165) is 5.76 Å². The second-order valence-corrected chi connectivity index (χ2v) is 2.38. The van der Waals surface area contributed by atoms with Crippen molar-refractivity contribution in [3.63, 3.8) is 0 Å². The summed E-state index contributed by atoms with van der Waals surface area (Å²) in [4.78, 5) is 10.9. The van der Waals surface area contributed by atoms with Gasteiger partial charge >= 0.3 is 5.97 Å². The molecule has 1 heterocycles. The van der Waals surface area contributed by atoms with Crippen LogP contribution in [0.5, 0.6) is 0 Å². The number of hydrogen-bond acceptors (Lipinski definition) is 3. The second-order valence-electron chi connectivity index (χ2n) is 2.38. The van der Waals surface area contributed by atoms with E-state index in [1.54, 1.807) is 19.3 Å². The Labute approximate surface area is 71.3 Å². The molecule has 3 heteroatoms. The SMILES string of the molecule is CCOC(=O)CCc1ccco1. The van der Waals surface area contributed by atoms with Gasteiger partial charge in [0.25, 0.3) is 0 Å². The fraction of sp³-hybridized carbons (Fsp3) is 0.444. The Kier molecular flexibility index (Phi) is 3.38. The normalized spacial score (nSPS) is 9.75. The third kappa shape index (κ3) is 2.78. The first kappa shape index (κ1) is 8.84. The molecule has 12 heavy (non-hydrogen) atoms. The van der Waals surface area contributed by atoms with Gasteiger partial charge in [-0.3, -0.25) is 4.79 Å². The molecule has 1 aromatic heterocycles. The summed E-state index contributed by atoms with van der Waals surface area (Å²) in [5, 5.41) is 0. The predicted octanol–water partition coefficient (Wildman–Crippen LogP) is 1.78. The van der Waals surface area contributed by atoms with Crippen LogP contribution < -0.4 is 0 Å². The highest BCUT2D eigenvalue weighted by atomic mass is 16.5. The first-order chi connectivity index (χ1) is 5.83. The van der Waals surface area contributed by atoms with Gasteiger partial charge in [-0.15, -0.1) is 0 Å². The van der Waals surface area contributed by atoms with Gasteiger partial charge in [0.1, 0.15) is 5.76 Å². The summed E-state index contributed by atoms with van der Waals surface area (Å²) in [6, 6.07) is 3.65. The Bertz CT molecular complexity index is 226. The fourth-order valence-electron chi connectivity index (χ4n) is 0.913. The van der Waals surface area contributed by atoms with Gasteiger partial charge in [0.2, 0.25) is 0 Å². The lowest BCUT2D eigenvalue weighted by atomic mass is 10.2. The molecular formula is C9H12O3. The maximum absolute atomic E-state index is 10.9. The summed E-state index contributed by atoms with van der Waals surface area (Å²) < 4.78 is 9.81. The van der Waals surface area contributed by atoms with Crippen LogP contribution in [-0.4, -0.2) is 12.6 Å². The highest BCUT2D eigenvalue weighted by molar-refractivity contribution is 5.69. The number of aryl methyl sites for hydroxylation is 1. The molecule has 0 N–H and O–H groups in total. The van der Waals surface area contributed by atoms with Crippen molar-refractivity contribution < 1.29 is 13.9 Å². The molecule has 3 nitrogen and oxygen atoms in total. The van der Waals surface area contributed by atoms with E-state index in [9.17, 15) is 4.79 Å². The second kappa shape index (κ2) is 4.59. The molecule has 0 aliphatic rings. The van der Waals surface area contributed by atoms with E-state index >= 15 is 0 Å². The van der Waals surface area contributed by atoms with Gasteiger partial charge in [-0.2, -0.15) is 0 Å². The van der Waals surface area contributed by atoms with E-state index in [1.807, 2.05) is 6.07 Å². The molecule has 0 aromatic carbocycles. The number of esters is 1. The topological polar surface area (TPSA) is 39.4 Å². The van der Waals surface area contributed by atoms with Crippen molar-refractivity contribution in [2.24, 2.45) is 0 Å². The third-order valence-corrected chi connectivity index (χ3v) is 1.46. The average Bonchev–Trinajstić information content (AvgIpc) is 2.53. The zero-order chi connectivity index (χ0) is 8.81. The summed E-state index contributed by atoms with van der Waals surface area (Å²) in [6.07, 6.45) is 2.60. The summed E-state index contributed by atoms with van der Waals surface area (Å²) >= 11 is 0. The molecule has 0 aliphatic carbocycles. The Morgan fingerprint density at radius 1 is 1.67 bits per heavy atom. The zero-order valence-electron chi connectivity index (χ0n) is 7.08. The predicted molar refractivity (Wildman–Crippen MR) is 43.7 cm³/mol. The molecule has 0 radical (unpaired) electrons. The number of furan rings is 1. The lowest BCUT2D eigenvalue weighted by molar-refractivity contribution is -0.143. The first-order valence-electron chi connectivity index (χ1n) is 4.01. The van der Waals surface area contributed by atoms with Crippen molar-refractivity contribution >= 4 is 5.97 Å². The lowest BCUT2D eigenvalue weighted by Crippen LogP contribution is -2.04. The molecule has 0 unspecified atom stereocenters. The smallest absolute Gasteiger partial charge is 0.306 e. The minimum absolute atomic E-state index is 0.172. The van der Waals surface area contributed by atoms with Gasteiger partial charge in [0.15, 0.2) is 0 Å². The maximum Gasteiger partial charge on any atom is 0.306 e. The van der Waals surface area contributed by atoms with Crippen LogP contribution in [0.25, 0.3) is 0 Å². The van der Waals surface area contributed by atoms with E-state index in [4.69, 9.17) is 9.15 Å². The van der Waals surface area contributed by atoms with Crippen LogP contribution in [0.4, 0.5) is 0 Å². The molecule has 0 bridgehead atoms. The molecule has 0 fully saturated rings. The van der Waals surface area contributed by atoms with Gasteiger partial charge in [0.05, 0.1) is 19.3 Å². The molecule has 0 spiro atoms. The molecule has 0 aliphatic heterocycles. The van der Waals surface area contributed by atoms with Crippen LogP contribution in [0.2, 0.25) is 0 Å². The van der Waals surface area contributed by atoms with Crippen molar-refractivity contribution in [3.05, 3.63) is 24.2 Å². The van der Waals surface area contributed by atoms with Crippen molar-refractivity contribution in [1.29, 1.82) is 0 Å². The summed E-state index contributed by atoms with van der Waals surface area (Å²) in [6.45, 7) is 2.24. The number of rotatable bonds is 4. The van der Waals surface area contributed by atoms with Crippen molar-refractivity contribution in [2.45, 2.75) is 19.8 Å². The molecule has 1 aromatic rings. The summed E-state index contributed by atoms with van der Waals surface area (Å²) in [7, 11) is 0. The molecule has 0 saturated carbocycles.